The summed E-state index contributed by atoms with van der Waals surface area (Å²) in [5, 5.41) is 0.0950. The smallest absolute Gasteiger partial charge is 0.162 e. The SMILES string of the molecule is CC(N)Sc1ccc2c(c1)OCCO2. The van der Waals surface area contributed by atoms with Crippen molar-refractivity contribution in [2.24, 2.45) is 5.73 Å². The largest absolute Gasteiger partial charge is 0.486 e. The number of hydrogen-bond donors (Lipinski definition) is 1. The predicted octanol–water partition coefficient (Wildman–Crippen LogP) is 1.85. The molecule has 1 aromatic carbocycles. The van der Waals surface area contributed by atoms with Crippen molar-refractivity contribution in [2.45, 2.75) is 17.2 Å². The predicted molar refractivity (Wildman–Crippen MR) is 56.9 cm³/mol. The second kappa shape index (κ2) is 4.11. The molecule has 1 aliphatic heterocycles. The number of ether oxygens (including phenoxy) is 2. The summed E-state index contributed by atoms with van der Waals surface area (Å²) in [4.78, 5) is 1.12. The van der Waals surface area contributed by atoms with E-state index >= 15 is 0 Å². The van der Waals surface area contributed by atoms with Crippen LogP contribution in [0.15, 0.2) is 23.1 Å². The maximum absolute atomic E-state index is 5.69. The minimum absolute atomic E-state index is 0.0950. The van der Waals surface area contributed by atoms with Gasteiger partial charge in [-0.25, -0.2) is 0 Å². The van der Waals surface area contributed by atoms with Gasteiger partial charge in [-0.1, -0.05) is 0 Å². The summed E-state index contributed by atoms with van der Waals surface area (Å²) in [6, 6.07) is 5.91. The molecule has 0 aromatic heterocycles. The molecule has 1 heterocycles. The number of fused-ring (bicyclic) bond motifs is 1. The quantitative estimate of drug-likeness (QED) is 0.599. The second-order valence-electron chi connectivity index (χ2n) is 3.13. The van der Waals surface area contributed by atoms with E-state index < -0.39 is 0 Å². The van der Waals surface area contributed by atoms with Gasteiger partial charge in [0.2, 0.25) is 0 Å². The van der Waals surface area contributed by atoms with E-state index in [1.165, 1.54) is 0 Å². The topological polar surface area (TPSA) is 44.5 Å². The van der Waals surface area contributed by atoms with Crippen LogP contribution in [0, 0.1) is 0 Å². The Bertz CT molecular complexity index is 328. The van der Waals surface area contributed by atoms with Crippen molar-refractivity contribution in [3.63, 3.8) is 0 Å². The molecule has 0 saturated carbocycles. The molecule has 0 radical (unpaired) electrons. The summed E-state index contributed by atoms with van der Waals surface area (Å²) in [6.45, 7) is 3.22. The van der Waals surface area contributed by atoms with Crippen LogP contribution in [-0.2, 0) is 0 Å². The Morgan fingerprint density at radius 2 is 2.00 bits per heavy atom. The third kappa shape index (κ3) is 2.13. The summed E-state index contributed by atoms with van der Waals surface area (Å²) >= 11 is 1.61. The molecule has 1 aromatic rings. The molecule has 0 saturated heterocycles. The van der Waals surface area contributed by atoms with Gasteiger partial charge in [-0.2, -0.15) is 0 Å². The molecule has 0 spiro atoms. The van der Waals surface area contributed by atoms with Crippen molar-refractivity contribution in [1.82, 2.24) is 0 Å². The van der Waals surface area contributed by atoms with Crippen molar-refractivity contribution in [2.75, 3.05) is 13.2 Å². The van der Waals surface area contributed by atoms with E-state index in [0.29, 0.717) is 13.2 Å². The third-order valence-corrected chi connectivity index (χ3v) is 2.73. The van der Waals surface area contributed by atoms with Gasteiger partial charge in [-0.15, -0.1) is 11.8 Å². The Kier molecular flexibility index (Phi) is 2.84. The van der Waals surface area contributed by atoms with E-state index in [-0.39, 0.29) is 5.37 Å². The molecule has 2 N–H and O–H groups in total. The molecule has 1 atom stereocenters. The van der Waals surface area contributed by atoms with E-state index in [2.05, 4.69) is 0 Å². The summed E-state index contributed by atoms with van der Waals surface area (Å²) in [7, 11) is 0. The molecule has 14 heavy (non-hydrogen) atoms. The van der Waals surface area contributed by atoms with Crippen LogP contribution in [0.4, 0.5) is 0 Å². The molecular weight excluding hydrogens is 198 g/mol. The highest BCUT2D eigenvalue weighted by molar-refractivity contribution is 7.99. The van der Waals surface area contributed by atoms with E-state index in [1.54, 1.807) is 11.8 Å². The van der Waals surface area contributed by atoms with Gasteiger partial charge in [0, 0.05) is 4.90 Å². The van der Waals surface area contributed by atoms with Gasteiger partial charge in [0.05, 0.1) is 5.37 Å². The van der Waals surface area contributed by atoms with Crippen molar-refractivity contribution >= 4 is 11.8 Å². The molecular formula is C10H13NO2S. The van der Waals surface area contributed by atoms with E-state index in [9.17, 15) is 0 Å². The van der Waals surface area contributed by atoms with Gasteiger partial charge < -0.3 is 15.2 Å². The summed E-state index contributed by atoms with van der Waals surface area (Å²) in [6.07, 6.45) is 0. The van der Waals surface area contributed by atoms with Gasteiger partial charge in [0.15, 0.2) is 11.5 Å². The Hall–Kier alpha value is -0.870. The maximum Gasteiger partial charge on any atom is 0.162 e. The number of rotatable bonds is 2. The van der Waals surface area contributed by atoms with E-state index in [0.717, 1.165) is 16.4 Å². The zero-order valence-corrected chi connectivity index (χ0v) is 8.84. The molecule has 0 aliphatic carbocycles. The van der Waals surface area contributed by atoms with Gasteiger partial charge in [-0.3, -0.25) is 0 Å². The van der Waals surface area contributed by atoms with Crippen LogP contribution < -0.4 is 15.2 Å². The van der Waals surface area contributed by atoms with E-state index in [1.807, 2.05) is 25.1 Å². The number of nitrogens with two attached hydrogens (primary N) is 1. The lowest BCUT2D eigenvalue weighted by molar-refractivity contribution is 0.171. The van der Waals surface area contributed by atoms with Crippen molar-refractivity contribution in [1.29, 1.82) is 0 Å². The molecule has 0 fully saturated rings. The van der Waals surface area contributed by atoms with Crippen molar-refractivity contribution in [3.05, 3.63) is 18.2 Å². The highest BCUT2D eigenvalue weighted by Crippen LogP contribution is 2.34. The minimum atomic E-state index is 0.0950. The lowest BCUT2D eigenvalue weighted by Crippen LogP contribution is -2.15. The average molecular weight is 211 g/mol. The second-order valence-corrected chi connectivity index (χ2v) is 4.58. The Morgan fingerprint density at radius 1 is 1.29 bits per heavy atom. The zero-order valence-electron chi connectivity index (χ0n) is 8.03. The monoisotopic (exact) mass is 211 g/mol. The third-order valence-electron chi connectivity index (χ3n) is 1.84. The normalized spacial score (nSPS) is 16.4. The Morgan fingerprint density at radius 3 is 2.71 bits per heavy atom. The highest BCUT2D eigenvalue weighted by atomic mass is 32.2. The van der Waals surface area contributed by atoms with Gasteiger partial charge >= 0.3 is 0 Å². The maximum atomic E-state index is 5.69. The zero-order chi connectivity index (χ0) is 9.97. The van der Waals surface area contributed by atoms with Crippen LogP contribution in [0.2, 0.25) is 0 Å². The van der Waals surface area contributed by atoms with Gasteiger partial charge in [-0.05, 0) is 25.1 Å². The molecule has 1 unspecified atom stereocenters. The van der Waals surface area contributed by atoms with Gasteiger partial charge in [0.1, 0.15) is 13.2 Å². The first kappa shape index (κ1) is 9.68. The molecule has 76 valence electrons. The lowest BCUT2D eigenvalue weighted by Gasteiger charge is -2.19. The molecule has 0 amide bonds. The molecule has 0 bridgehead atoms. The first-order valence-electron chi connectivity index (χ1n) is 4.57. The first-order valence-corrected chi connectivity index (χ1v) is 5.45. The van der Waals surface area contributed by atoms with Crippen LogP contribution in [0.3, 0.4) is 0 Å². The number of thioether (sulfide) groups is 1. The molecule has 4 heteroatoms. The van der Waals surface area contributed by atoms with Gasteiger partial charge in [0.25, 0.3) is 0 Å². The van der Waals surface area contributed by atoms with Crippen LogP contribution in [0.25, 0.3) is 0 Å². The Labute approximate surface area is 87.6 Å². The first-order chi connectivity index (χ1) is 6.75. The highest BCUT2D eigenvalue weighted by Gasteiger charge is 2.12. The molecule has 1 aliphatic rings. The summed E-state index contributed by atoms with van der Waals surface area (Å²) in [5.41, 5.74) is 5.69. The fourth-order valence-corrected chi connectivity index (χ4v) is 2.06. The standard InChI is InChI=1S/C10H13NO2S/c1-7(11)14-8-2-3-9-10(6-8)13-5-4-12-9/h2-3,6-7H,4-5,11H2,1H3. The molecule has 2 rings (SSSR count). The van der Waals surface area contributed by atoms with Crippen molar-refractivity contribution in [3.8, 4) is 11.5 Å². The number of benzene rings is 1. The van der Waals surface area contributed by atoms with Crippen LogP contribution in [0.5, 0.6) is 11.5 Å². The Balaban J connectivity index is 2.20. The van der Waals surface area contributed by atoms with Crippen LogP contribution >= 0.6 is 11.8 Å². The van der Waals surface area contributed by atoms with Crippen LogP contribution in [0.1, 0.15) is 6.92 Å². The average Bonchev–Trinajstić information content (AvgIpc) is 2.17. The lowest BCUT2D eigenvalue weighted by atomic mass is 10.3. The summed E-state index contributed by atoms with van der Waals surface area (Å²) < 4.78 is 10.9. The van der Waals surface area contributed by atoms with Crippen LogP contribution in [-0.4, -0.2) is 18.6 Å². The summed E-state index contributed by atoms with van der Waals surface area (Å²) in [5.74, 6) is 1.65. The minimum Gasteiger partial charge on any atom is -0.486 e. The molecule has 3 nitrogen and oxygen atoms in total. The van der Waals surface area contributed by atoms with E-state index in [4.69, 9.17) is 15.2 Å². The number of hydrogen-bond acceptors (Lipinski definition) is 4. The fraction of sp³-hybridized carbons (Fsp3) is 0.400. The fourth-order valence-electron chi connectivity index (χ4n) is 1.31. The van der Waals surface area contributed by atoms with Crippen molar-refractivity contribution < 1.29 is 9.47 Å².